The van der Waals surface area contributed by atoms with Crippen LogP contribution in [0.5, 0.6) is 0 Å². The lowest BCUT2D eigenvalue weighted by molar-refractivity contribution is -0.122. The molecule has 0 aliphatic carbocycles. The van der Waals surface area contributed by atoms with Crippen LogP contribution in [0.4, 0.5) is 0 Å². The number of amides is 1. The Morgan fingerprint density at radius 2 is 1.89 bits per heavy atom. The van der Waals surface area contributed by atoms with Crippen molar-refractivity contribution in [3.8, 4) is 6.07 Å². The quantitative estimate of drug-likeness (QED) is 0.794. The summed E-state index contributed by atoms with van der Waals surface area (Å²) in [6.07, 6.45) is 0.466. The summed E-state index contributed by atoms with van der Waals surface area (Å²) < 4.78 is 0. The molecular weight excluding hydrogens is 238 g/mol. The van der Waals surface area contributed by atoms with Gasteiger partial charge in [0.1, 0.15) is 0 Å². The van der Waals surface area contributed by atoms with Crippen molar-refractivity contribution in [1.29, 1.82) is 5.26 Å². The van der Waals surface area contributed by atoms with Gasteiger partial charge in [0.15, 0.2) is 0 Å². The second-order valence-corrected chi connectivity index (χ2v) is 5.53. The summed E-state index contributed by atoms with van der Waals surface area (Å²) in [5, 5.41) is 14.8. The number of nitriles is 1. The van der Waals surface area contributed by atoms with Crippen LogP contribution in [-0.2, 0) is 11.3 Å². The van der Waals surface area contributed by atoms with Crippen molar-refractivity contribution in [3.05, 3.63) is 35.4 Å². The molecule has 1 rings (SSSR count). The minimum absolute atomic E-state index is 0.0554. The van der Waals surface area contributed by atoms with Crippen molar-refractivity contribution in [2.75, 3.05) is 6.54 Å². The normalized spacial score (nSPS) is 10.8. The Bertz CT molecular complexity index is 452. The molecule has 0 aromatic heterocycles. The Morgan fingerprint density at radius 3 is 2.42 bits per heavy atom. The van der Waals surface area contributed by atoms with E-state index in [0.29, 0.717) is 25.1 Å². The van der Waals surface area contributed by atoms with Gasteiger partial charge >= 0.3 is 0 Å². The fourth-order valence-corrected chi connectivity index (χ4v) is 1.61. The van der Waals surface area contributed by atoms with Crippen LogP contribution in [0.2, 0.25) is 0 Å². The molecule has 4 nitrogen and oxygen atoms in total. The fourth-order valence-electron chi connectivity index (χ4n) is 1.61. The van der Waals surface area contributed by atoms with Crippen LogP contribution in [-0.4, -0.2) is 18.0 Å². The van der Waals surface area contributed by atoms with Crippen LogP contribution < -0.4 is 10.6 Å². The minimum atomic E-state index is -0.176. The van der Waals surface area contributed by atoms with E-state index in [-0.39, 0.29) is 11.4 Å². The van der Waals surface area contributed by atoms with Crippen LogP contribution in [0, 0.1) is 11.3 Å². The standard InChI is InChI=1S/C15H21N3O/c1-15(2,3)18-14(19)8-9-17-11-13-6-4-12(10-16)5-7-13/h4-7,17H,8-9,11H2,1-3H3,(H,18,19). The third kappa shape index (κ3) is 6.58. The lowest BCUT2D eigenvalue weighted by Crippen LogP contribution is -2.41. The average molecular weight is 259 g/mol. The summed E-state index contributed by atoms with van der Waals surface area (Å²) in [6.45, 7) is 7.25. The predicted octanol–water partition coefficient (Wildman–Crippen LogP) is 1.95. The topological polar surface area (TPSA) is 64.9 Å². The summed E-state index contributed by atoms with van der Waals surface area (Å²) in [5.74, 6) is 0.0554. The number of nitrogens with one attached hydrogen (secondary N) is 2. The van der Waals surface area contributed by atoms with Gasteiger partial charge in [0, 0.05) is 25.0 Å². The van der Waals surface area contributed by atoms with Gasteiger partial charge in [-0.15, -0.1) is 0 Å². The van der Waals surface area contributed by atoms with Gasteiger partial charge in [0.25, 0.3) is 0 Å². The number of carbonyl (C=O) groups excluding carboxylic acids is 1. The first-order chi connectivity index (χ1) is 8.90. The van der Waals surface area contributed by atoms with Gasteiger partial charge in [-0.05, 0) is 38.5 Å². The van der Waals surface area contributed by atoms with Crippen molar-refractivity contribution in [2.45, 2.75) is 39.3 Å². The van der Waals surface area contributed by atoms with Crippen molar-refractivity contribution in [1.82, 2.24) is 10.6 Å². The Hall–Kier alpha value is -1.86. The Labute approximate surface area is 114 Å². The van der Waals surface area contributed by atoms with E-state index in [1.54, 1.807) is 12.1 Å². The highest BCUT2D eigenvalue weighted by atomic mass is 16.1. The fraction of sp³-hybridized carbons (Fsp3) is 0.467. The van der Waals surface area contributed by atoms with E-state index < -0.39 is 0 Å². The molecule has 1 aromatic carbocycles. The van der Waals surface area contributed by atoms with Gasteiger partial charge in [0.05, 0.1) is 11.6 Å². The first-order valence-corrected chi connectivity index (χ1v) is 6.41. The monoisotopic (exact) mass is 259 g/mol. The van der Waals surface area contributed by atoms with E-state index in [1.165, 1.54) is 0 Å². The zero-order chi connectivity index (χ0) is 14.3. The maximum Gasteiger partial charge on any atom is 0.221 e. The molecule has 0 unspecified atom stereocenters. The average Bonchev–Trinajstić information content (AvgIpc) is 2.33. The predicted molar refractivity (Wildman–Crippen MR) is 75.4 cm³/mol. The molecular formula is C15H21N3O. The number of nitrogens with zero attached hydrogens (tertiary/aromatic N) is 1. The van der Waals surface area contributed by atoms with Crippen LogP contribution in [0.1, 0.15) is 38.3 Å². The van der Waals surface area contributed by atoms with E-state index in [0.717, 1.165) is 5.56 Å². The summed E-state index contributed by atoms with van der Waals surface area (Å²) in [5.41, 5.74) is 1.59. The van der Waals surface area contributed by atoms with E-state index in [2.05, 4.69) is 16.7 Å². The summed E-state index contributed by atoms with van der Waals surface area (Å²) >= 11 is 0. The van der Waals surface area contributed by atoms with Crippen molar-refractivity contribution >= 4 is 5.91 Å². The first-order valence-electron chi connectivity index (χ1n) is 6.41. The van der Waals surface area contributed by atoms with Crippen LogP contribution in [0.3, 0.4) is 0 Å². The minimum Gasteiger partial charge on any atom is -0.351 e. The Morgan fingerprint density at radius 1 is 1.26 bits per heavy atom. The molecule has 0 fully saturated rings. The Kier molecular flexibility index (Phi) is 5.53. The maximum absolute atomic E-state index is 11.6. The lowest BCUT2D eigenvalue weighted by Gasteiger charge is -2.20. The molecule has 2 N–H and O–H groups in total. The molecule has 0 aliphatic heterocycles. The van der Waals surface area contributed by atoms with E-state index >= 15 is 0 Å². The van der Waals surface area contributed by atoms with Gasteiger partial charge in [-0.2, -0.15) is 5.26 Å². The summed E-state index contributed by atoms with van der Waals surface area (Å²) in [6, 6.07) is 9.51. The molecule has 0 atom stereocenters. The van der Waals surface area contributed by atoms with E-state index in [1.807, 2.05) is 32.9 Å². The molecule has 102 valence electrons. The molecule has 0 aliphatic rings. The number of benzene rings is 1. The van der Waals surface area contributed by atoms with Gasteiger partial charge in [-0.1, -0.05) is 12.1 Å². The smallest absolute Gasteiger partial charge is 0.221 e. The second kappa shape index (κ2) is 6.91. The number of carbonyl (C=O) groups is 1. The maximum atomic E-state index is 11.6. The molecule has 0 saturated carbocycles. The summed E-state index contributed by atoms with van der Waals surface area (Å²) in [4.78, 5) is 11.6. The zero-order valence-corrected chi connectivity index (χ0v) is 11.8. The number of hydrogen-bond donors (Lipinski definition) is 2. The molecule has 4 heteroatoms. The first kappa shape index (κ1) is 15.2. The summed E-state index contributed by atoms with van der Waals surface area (Å²) in [7, 11) is 0. The molecule has 1 amide bonds. The molecule has 0 spiro atoms. The highest BCUT2D eigenvalue weighted by Gasteiger charge is 2.12. The third-order valence-corrected chi connectivity index (χ3v) is 2.46. The van der Waals surface area contributed by atoms with Crippen LogP contribution >= 0.6 is 0 Å². The highest BCUT2D eigenvalue weighted by Crippen LogP contribution is 2.03. The van der Waals surface area contributed by atoms with Crippen molar-refractivity contribution < 1.29 is 4.79 Å². The molecule has 1 aromatic rings. The molecule has 0 bridgehead atoms. The van der Waals surface area contributed by atoms with Gasteiger partial charge in [0.2, 0.25) is 5.91 Å². The van der Waals surface area contributed by atoms with Crippen LogP contribution in [0.25, 0.3) is 0 Å². The third-order valence-electron chi connectivity index (χ3n) is 2.46. The number of rotatable bonds is 5. The van der Waals surface area contributed by atoms with Crippen molar-refractivity contribution in [2.24, 2.45) is 0 Å². The molecule has 0 saturated heterocycles. The molecule has 0 radical (unpaired) electrons. The van der Waals surface area contributed by atoms with Gasteiger partial charge in [-0.25, -0.2) is 0 Å². The second-order valence-electron chi connectivity index (χ2n) is 5.53. The van der Waals surface area contributed by atoms with Gasteiger partial charge < -0.3 is 10.6 Å². The largest absolute Gasteiger partial charge is 0.351 e. The number of hydrogen-bond acceptors (Lipinski definition) is 3. The SMILES string of the molecule is CC(C)(C)NC(=O)CCNCc1ccc(C#N)cc1. The van der Waals surface area contributed by atoms with E-state index in [9.17, 15) is 4.79 Å². The van der Waals surface area contributed by atoms with Gasteiger partial charge in [-0.3, -0.25) is 4.79 Å². The van der Waals surface area contributed by atoms with Crippen molar-refractivity contribution in [3.63, 3.8) is 0 Å². The zero-order valence-electron chi connectivity index (χ0n) is 11.8. The molecule has 19 heavy (non-hydrogen) atoms. The highest BCUT2D eigenvalue weighted by molar-refractivity contribution is 5.76. The van der Waals surface area contributed by atoms with E-state index in [4.69, 9.17) is 5.26 Å². The lowest BCUT2D eigenvalue weighted by atomic mass is 10.1. The van der Waals surface area contributed by atoms with Crippen LogP contribution in [0.15, 0.2) is 24.3 Å². The molecule has 0 heterocycles. The Balaban J connectivity index is 2.24.